The summed E-state index contributed by atoms with van der Waals surface area (Å²) in [7, 11) is 0. The van der Waals surface area contributed by atoms with Gasteiger partial charge in [0.1, 0.15) is 0 Å². The van der Waals surface area contributed by atoms with Gasteiger partial charge in [0.05, 0.1) is 22.1 Å². The second-order valence-electron chi connectivity index (χ2n) is 7.82. The Morgan fingerprint density at radius 1 is 1.38 bits per heavy atom. The Hall–Kier alpha value is -0.990. The average Bonchev–Trinajstić information content (AvgIpc) is 3.11. The smallest absolute Gasteiger partial charge is 0.217 e. The number of hydrogen-bond acceptors (Lipinski definition) is 5. The summed E-state index contributed by atoms with van der Waals surface area (Å²) in [6, 6.07) is 2.13. The third-order valence-corrected chi connectivity index (χ3v) is 7.31. The van der Waals surface area contributed by atoms with Gasteiger partial charge in [-0.25, -0.2) is 0 Å². The van der Waals surface area contributed by atoms with Crippen LogP contribution in [0.1, 0.15) is 49.0 Å². The number of carbonyl (C=O) groups is 1. The molecule has 1 aromatic rings. The molecule has 2 rings (SSSR count). The Balaban J connectivity index is 1.84. The lowest BCUT2D eigenvalue weighted by Crippen LogP contribution is -2.20. The number of aryl methyl sites for hydroxylation is 2. The summed E-state index contributed by atoms with van der Waals surface area (Å²) in [4.78, 5) is 12.0. The number of primary amides is 1. The molecule has 0 saturated heterocycles. The first-order chi connectivity index (χ1) is 13.8. The number of aliphatic hydroxyl groups excluding tert-OH is 3. The first-order valence-electron chi connectivity index (χ1n) is 10.2. The Morgan fingerprint density at radius 3 is 2.79 bits per heavy atom. The zero-order valence-corrected chi connectivity index (χ0v) is 19.2. The van der Waals surface area contributed by atoms with Gasteiger partial charge in [-0.2, -0.15) is 0 Å². The van der Waals surface area contributed by atoms with Crippen molar-refractivity contribution in [2.45, 2.75) is 70.2 Å². The molecule has 5 atom stereocenters. The van der Waals surface area contributed by atoms with Gasteiger partial charge in [-0.05, 0) is 72.5 Å². The largest absolute Gasteiger partial charge is 0.393 e. The van der Waals surface area contributed by atoms with Crippen molar-refractivity contribution in [3.05, 3.63) is 44.6 Å². The molecule has 5 nitrogen and oxygen atoms in total. The number of hydrogen-bond donors (Lipinski definition) is 4. The van der Waals surface area contributed by atoms with Crippen molar-refractivity contribution in [1.82, 2.24) is 0 Å². The number of aliphatic hydroxyl groups is 3. The van der Waals surface area contributed by atoms with Gasteiger partial charge >= 0.3 is 0 Å². The average molecular weight is 486 g/mol. The number of halogens is 1. The number of carbonyl (C=O) groups excluding carboxylic acids is 1. The summed E-state index contributed by atoms with van der Waals surface area (Å²) < 4.78 is 1.11. The second kappa shape index (κ2) is 12.0. The quantitative estimate of drug-likeness (QED) is 0.283. The van der Waals surface area contributed by atoms with E-state index in [4.69, 9.17) is 5.73 Å². The van der Waals surface area contributed by atoms with Gasteiger partial charge in [0.25, 0.3) is 0 Å². The van der Waals surface area contributed by atoms with E-state index in [1.165, 1.54) is 10.4 Å². The molecule has 0 radical (unpaired) electrons. The molecule has 1 aromatic heterocycles. The summed E-state index contributed by atoms with van der Waals surface area (Å²) in [5, 5.41) is 30.9. The molecule has 1 aliphatic rings. The van der Waals surface area contributed by atoms with Crippen LogP contribution in [0.2, 0.25) is 0 Å². The fourth-order valence-corrected chi connectivity index (χ4v) is 5.69. The minimum Gasteiger partial charge on any atom is -0.393 e. The molecular weight excluding hydrogens is 454 g/mol. The Kier molecular flexibility index (Phi) is 10.1. The van der Waals surface area contributed by atoms with E-state index >= 15 is 0 Å². The molecule has 5 N–H and O–H groups in total. The summed E-state index contributed by atoms with van der Waals surface area (Å²) >= 11 is 5.25. The topological polar surface area (TPSA) is 104 Å². The molecule has 1 saturated carbocycles. The highest BCUT2D eigenvalue weighted by molar-refractivity contribution is 9.11. The van der Waals surface area contributed by atoms with Crippen LogP contribution in [0.25, 0.3) is 0 Å². The molecule has 0 unspecified atom stereocenters. The molecule has 29 heavy (non-hydrogen) atoms. The number of amides is 1. The Morgan fingerprint density at radius 2 is 2.14 bits per heavy atom. The molecule has 1 aliphatic carbocycles. The third-order valence-electron chi connectivity index (χ3n) is 5.43. The van der Waals surface area contributed by atoms with Gasteiger partial charge in [-0.1, -0.05) is 24.3 Å². The van der Waals surface area contributed by atoms with Crippen molar-refractivity contribution < 1.29 is 20.1 Å². The lowest BCUT2D eigenvalue weighted by Gasteiger charge is -2.19. The van der Waals surface area contributed by atoms with Crippen LogP contribution in [0, 0.1) is 18.8 Å². The normalized spacial score (nSPS) is 26.0. The molecule has 0 aromatic carbocycles. The number of unbranched alkanes of at least 4 members (excludes halogenated alkanes) is 1. The van der Waals surface area contributed by atoms with Crippen LogP contribution in [0.5, 0.6) is 0 Å². The van der Waals surface area contributed by atoms with Gasteiger partial charge in [0, 0.05) is 23.6 Å². The Bertz CT molecular complexity index is 718. The lowest BCUT2D eigenvalue weighted by molar-refractivity contribution is -0.118. The van der Waals surface area contributed by atoms with Crippen molar-refractivity contribution in [2.24, 2.45) is 17.6 Å². The number of allylic oxidation sites excluding steroid dienone is 2. The van der Waals surface area contributed by atoms with Gasteiger partial charge in [0.15, 0.2) is 0 Å². The van der Waals surface area contributed by atoms with Crippen molar-refractivity contribution in [2.75, 3.05) is 0 Å². The number of thiophene rings is 1. The highest BCUT2D eigenvalue weighted by atomic mass is 79.9. The fourth-order valence-electron chi connectivity index (χ4n) is 3.84. The van der Waals surface area contributed by atoms with Crippen LogP contribution >= 0.6 is 27.3 Å². The molecule has 162 valence electrons. The van der Waals surface area contributed by atoms with E-state index in [-0.39, 0.29) is 17.7 Å². The molecule has 7 heteroatoms. The van der Waals surface area contributed by atoms with E-state index < -0.39 is 18.3 Å². The van der Waals surface area contributed by atoms with E-state index in [0.717, 1.165) is 23.0 Å². The van der Waals surface area contributed by atoms with E-state index in [0.29, 0.717) is 25.7 Å². The highest BCUT2D eigenvalue weighted by Crippen LogP contribution is 2.36. The molecule has 0 bridgehead atoms. The lowest BCUT2D eigenvalue weighted by atomic mass is 9.89. The maximum atomic E-state index is 10.7. The summed E-state index contributed by atoms with van der Waals surface area (Å²) in [6.07, 6.45) is 10.1. The Labute approximate surface area is 185 Å². The summed E-state index contributed by atoms with van der Waals surface area (Å²) in [5.41, 5.74) is 6.33. The second-order valence-corrected chi connectivity index (χ2v) is 10.4. The molecule has 1 amide bonds. The third kappa shape index (κ3) is 7.98. The SMILES string of the molecule is Cc1cc(CC[C@H](O)/C=C/[C@@H]2[C@@H](C/C=C\CCCC(N)=O)[C@@H](O)C[C@H]2O)c(Br)s1. The molecule has 1 fully saturated rings. The predicted molar refractivity (Wildman–Crippen MR) is 121 cm³/mol. The summed E-state index contributed by atoms with van der Waals surface area (Å²) in [5.74, 6) is -0.544. The molecule has 0 aliphatic heterocycles. The van der Waals surface area contributed by atoms with Crippen molar-refractivity contribution in [3.63, 3.8) is 0 Å². The minimum atomic E-state index is -0.602. The van der Waals surface area contributed by atoms with Crippen LogP contribution < -0.4 is 5.73 Å². The zero-order valence-electron chi connectivity index (χ0n) is 16.8. The molecular formula is C22H32BrNO4S. The van der Waals surface area contributed by atoms with Gasteiger partial charge < -0.3 is 21.1 Å². The van der Waals surface area contributed by atoms with Crippen molar-refractivity contribution >= 4 is 33.2 Å². The van der Waals surface area contributed by atoms with E-state index in [1.54, 1.807) is 17.4 Å². The monoisotopic (exact) mass is 485 g/mol. The van der Waals surface area contributed by atoms with Crippen LogP contribution in [0.3, 0.4) is 0 Å². The van der Waals surface area contributed by atoms with Crippen LogP contribution in [0.4, 0.5) is 0 Å². The van der Waals surface area contributed by atoms with Gasteiger partial charge in [0.2, 0.25) is 5.91 Å². The first kappa shape index (κ1) is 24.3. The molecule has 1 heterocycles. The fraction of sp³-hybridized carbons (Fsp3) is 0.591. The van der Waals surface area contributed by atoms with Crippen LogP contribution in [0.15, 0.2) is 34.2 Å². The van der Waals surface area contributed by atoms with Crippen LogP contribution in [-0.4, -0.2) is 39.5 Å². The number of nitrogens with two attached hydrogens (primary N) is 1. The van der Waals surface area contributed by atoms with Crippen molar-refractivity contribution in [1.29, 1.82) is 0 Å². The zero-order chi connectivity index (χ0) is 21.4. The van der Waals surface area contributed by atoms with Gasteiger partial charge in [-0.3, -0.25) is 4.79 Å². The first-order valence-corrected chi connectivity index (χ1v) is 11.8. The van der Waals surface area contributed by atoms with Crippen LogP contribution in [-0.2, 0) is 11.2 Å². The summed E-state index contributed by atoms with van der Waals surface area (Å²) in [6.45, 7) is 2.06. The standard InChI is InChI=1S/C22H32BrNO4S/c1-14-12-15(22(23)29-14)8-9-16(25)10-11-18-17(19(26)13-20(18)27)6-4-2-3-5-7-21(24)28/h2,4,10-12,16-20,25-27H,3,5-9,13H2,1H3,(H2,24,28)/b4-2-,11-10+/t16-,17+,18+,19-,20+/m0/s1. The maximum Gasteiger partial charge on any atom is 0.217 e. The minimum absolute atomic E-state index is 0.0745. The van der Waals surface area contributed by atoms with Gasteiger partial charge in [-0.15, -0.1) is 11.3 Å². The predicted octanol–water partition coefficient (Wildman–Crippen LogP) is 3.63. The van der Waals surface area contributed by atoms with Crippen molar-refractivity contribution in [3.8, 4) is 0 Å². The van der Waals surface area contributed by atoms with E-state index in [2.05, 4.69) is 28.9 Å². The highest BCUT2D eigenvalue weighted by Gasteiger charge is 2.39. The number of rotatable bonds is 11. The molecule has 0 spiro atoms. The van der Waals surface area contributed by atoms with E-state index in [9.17, 15) is 20.1 Å². The maximum absolute atomic E-state index is 10.7. The van der Waals surface area contributed by atoms with E-state index in [1.807, 2.05) is 18.2 Å².